The highest BCUT2D eigenvalue weighted by atomic mass is 16.6. The van der Waals surface area contributed by atoms with Gasteiger partial charge in [0.05, 0.1) is 41.3 Å². The van der Waals surface area contributed by atoms with Crippen LogP contribution < -0.4 is 0 Å². The number of hydrogen-bond acceptors (Lipinski definition) is 4. The molecule has 238 valence electrons. The van der Waals surface area contributed by atoms with E-state index in [9.17, 15) is 9.59 Å². The number of ether oxygens (including phenoxy) is 2. The van der Waals surface area contributed by atoms with Crippen LogP contribution in [0.1, 0.15) is 142 Å². The van der Waals surface area contributed by atoms with Gasteiger partial charge in [-0.1, -0.05) is 117 Å². The quantitative estimate of drug-likeness (QED) is 0.0413. The number of esters is 2. The minimum absolute atomic E-state index is 0.249. The second-order valence-corrected chi connectivity index (χ2v) is 13.4. The van der Waals surface area contributed by atoms with E-state index in [1.54, 1.807) is 0 Å². The summed E-state index contributed by atoms with van der Waals surface area (Å²) < 4.78 is 12.0. The molecule has 0 aliphatic heterocycles. The molecular formula is C34H70N2O4+2. The summed E-state index contributed by atoms with van der Waals surface area (Å²) in [4.78, 5) is 24.2. The molecule has 6 nitrogen and oxygen atoms in total. The maximum absolute atomic E-state index is 12.1. The third-order valence-electron chi connectivity index (χ3n) is 8.26. The van der Waals surface area contributed by atoms with Gasteiger partial charge in [0.15, 0.2) is 0 Å². The molecule has 0 fully saturated rings. The second-order valence-electron chi connectivity index (χ2n) is 13.4. The lowest BCUT2D eigenvalue weighted by Gasteiger charge is -2.30. The van der Waals surface area contributed by atoms with Crippen molar-refractivity contribution in [3.63, 3.8) is 0 Å². The number of likely N-dealkylation sites (N-methyl/N-ethyl adjacent to an activating group) is 2. The maximum atomic E-state index is 12.1. The first-order chi connectivity index (χ1) is 19.1. The fourth-order valence-corrected chi connectivity index (χ4v) is 5.17. The fourth-order valence-electron chi connectivity index (χ4n) is 5.17. The number of rotatable bonds is 28. The van der Waals surface area contributed by atoms with Crippen molar-refractivity contribution in [2.75, 3.05) is 67.6 Å². The SMILES string of the molecule is CCCCCCCCCCCC[N+](C)(C)CCOC(=O)C(=O)OCC[N+](C)(C)CCCCCCCCCCCC. The average Bonchev–Trinajstić information content (AvgIpc) is 2.90. The first-order valence-electron chi connectivity index (χ1n) is 17.1. The standard InChI is InChI=1S/C34H70N2O4/c1-7-9-11-13-15-17-19-21-23-25-27-35(3,4)29-31-39-33(37)34(38)40-32-30-36(5,6)28-26-24-22-20-18-16-14-12-10-8-2/h7-32H2,1-6H3/q+2. The molecule has 0 aromatic carbocycles. The van der Waals surface area contributed by atoms with Crippen molar-refractivity contribution in [2.45, 2.75) is 142 Å². The van der Waals surface area contributed by atoms with E-state index in [1.807, 2.05) is 0 Å². The summed E-state index contributed by atoms with van der Waals surface area (Å²) in [6, 6.07) is 0. The lowest BCUT2D eigenvalue weighted by Crippen LogP contribution is -2.44. The number of quaternary nitrogens is 2. The van der Waals surface area contributed by atoms with E-state index in [-0.39, 0.29) is 13.2 Å². The van der Waals surface area contributed by atoms with Gasteiger partial charge in [-0.15, -0.1) is 0 Å². The largest absolute Gasteiger partial charge is 0.451 e. The van der Waals surface area contributed by atoms with Crippen molar-refractivity contribution in [3.05, 3.63) is 0 Å². The molecule has 0 rings (SSSR count). The highest BCUT2D eigenvalue weighted by Crippen LogP contribution is 2.13. The first-order valence-corrected chi connectivity index (χ1v) is 17.1. The highest BCUT2D eigenvalue weighted by Gasteiger charge is 2.22. The van der Waals surface area contributed by atoms with Crippen LogP contribution >= 0.6 is 0 Å². The zero-order chi connectivity index (χ0) is 30.0. The molecule has 0 spiro atoms. The summed E-state index contributed by atoms with van der Waals surface area (Å²) in [5.74, 6) is -1.72. The lowest BCUT2D eigenvalue weighted by atomic mass is 10.1. The second kappa shape index (κ2) is 25.6. The van der Waals surface area contributed by atoms with E-state index in [1.165, 1.54) is 128 Å². The van der Waals surface area contributed by atoms with Gasteiger partial charge in [-0.3, -0.25) is 0 Å². The van der Waals surface area contributed by atoms with Crippen LogP contribution in [0.25, 0.3) is 0 Å². The average molecular weight is 571 g/mol. The van der Waals surface area contributed by atoms with Crippen LogP contribution in [0, 0.1) is 0 Å². The molecule has 6 heteroatoms. The molecule has 0 unspecified atom stereocenters. The van der Waals surface area contributed by atoms with Crippen LogP contribution in [0.2, 0.25) is 0 Å². The molecule has 0 saturated heterocycles. The van der Waals surface area contributed by atoms with Crippen molar-refractivity contribution >= 4 is 11.9 Å². The number of nitrogens with zero attached hydrogens (tertiary/aromatic N) is 2. The van der Waals surface area contributed by atoms with Crippen molar-refractivity contribution < 1.29 is 28.0 Å². The zero-order valence-corrected chi connectivity index (χ0v) is 27.9. The van der Waals surface area contributed by atoms with Gasteiger partial charge in [0.1, 0.15) is 26.3 Å². The maximum Gasteiger partial charge on any atom is 0.417 e. The lowest BCUT2D eigenvalue weighted by molar-refractivity contribution is -0.890. The Morgan fingerprint density at radius 3 is 0.925 bits per heavy atom. The van der Waals surface area contributed by atoms with Crippen LogP contribution in [0.4, 0.5) is 0 Å². The third-order valence-corrected chi connectivity index (χ3v) is 8.26. The topological polar surface area (TPSA) is 52.6 Å². The van der Waals surface area contributed by atoms with Crippen molar-refractivity contribution in [1.82, 2.24) is 0 Å². The van der Waals surface area contributed by atoms with Crippen molar-refractivity contribution in [3.8, 4) is 0 Å². The summed E-state index contributed by atoms with van der Waals surface area (Å²) >= 11 is 0. The Balaban J connectivity index is 3.79. The molecule has 0 aromatic heterocycles. The molecule has 0 aliphatic carbocycles. The first kappa shape index (κ1) is 38.9. The normalized spacial score (nSPS) is 12.1. The predicted molar refractivity (Wildman–Crippen MR) is 169 cm³/mol. The van der Waals surface area contributed by atoms with Gasteiger partial charge in [-0.05, 0) is 25.7 Å². The van der Waals surface area contributed by atoms with Crippen LogP contribution in [-0.4, -0.2) is 88.5 Å². The van der Waals surface area contributed by atoms with E-state index in [0.29, 0.717) is 13.1 Å². The summed E-state index contributed by atoms with van der Waals surface area (Å²) in [7, 11) is 8.64. The molecule has 0 bridgehead atoms. The summed E-state index contributed by atoms with van der Waals surface area (Å²) in [6.07, 6.45) is 26.6. The number of carbonyl (C=O) groups is 2. The Morgan fingerprint density at radius 2 is 0.650 bits per heavy atom. The smallest absolute Gasteiger partial charge is 0.417 e. The molecule has 0 aromatic rings. The Hall–Kier alpha value is -1.14. The van der Waals surface area contributed by atoms with Gasteiger partial charge < -0.3 is 18.4 Å². The molecule has 0 saturated carbocycles. The number of hydrogen-bond donors (Lipinski definition) is 0. The molecule has 0 heterocycles. The van der Waals surface area contributed by atoms with Crippen LogP contribution in [0.5, 0.6) is 0 Å². The molecular weight excluding hydrogens is 500 g/mol. The predicted octanol–water partition coefficient (Wildman–Crippen LogP) is 8.07. The minimum Gasteiger partial charge on any atom is -0.451 e. The Labute approximate surface area is 249 Å². The van der Waals surface area contributed by atoms with Gasteiger partial charge >= 0.3 is 11.9 Å². The highest BCUT2D eigenvalue weighted by molar-refractivity contribution is 6.29. The number of carbonyl (C=O) groups excluding carboxylic acids is 2. The summed E-state index contributed by atoms with van der Waals surface area (Å²) in [6.45, 7) is 8.56. The Bertz CT molecular complexity index is 555. The van der Waals surface area contributed by atoms with Crippen molar-refractivity contribution in [1.29, 1.82) is 0 Å². The minimum atomic E-state index is -0.862. The van der Waals surface area contributed by atoms with E-state index in [2.05, 4.69) is 42.0 Å². The Morgan fingerprint density at radius 1 is 0.400 bits per heavy atom. The monoisotopic (exact) mass is 571 g/mol. The van der Waals surface area contributed by atoms with Crippen LogP contribution in [0.15, 0.2) is 0 Å². The van der Waals surface area contributed by atoms with E-state index < -0.39 is 11.9 Å². The van der Waals surface area contributed by atoms with E-state index in [4.69, 9.17) is 9.47 Å². The zero-order valence-electron chi connectivity index (χ0n) is 27.9. The summed E-state index contributed by atoms with van der Waals surface area (Å²) in [5, 5.41) is 0. The van der Waals surface area contributed by atoms with Gasteiger partial charge in [0.2, 0.25) is 0 Å². The van der Waals surface area contributed by atoms with Crippen LogP contribution in [0.3, 0.4) is 0 Å². The van der Waals surface area contributed by atoms with Gasteiger partial charge in [0, 0.05) is 0 Å². The van der Waals surface area contributed by atoms with Crippen molar-refractivity contribution in [2.24, 2.45) is 0 Å². The van der Waals surface area contributed by atoms with Crippen LogP contribution in [-0.2, 0) is 19.1 Å². The number of unbranched alkanes of at least 4 members (excludes halogenated alkanes) is 18. The van der Waals surface area contributed by atoms with Gasteiger partial charge in [0.25, 0.3) is 0 Å². The molecule has 0 atom stereocenters. The van der Waals surface area contributed by atoms with E-state index >= 15 is 0 Å². The van der Waals surface area contributed by atoms with Gasteiger partial charge in [-0.2, -0.15) is 0 Å². The Kier molecular flexibility index (Phi) is 24.8. The van der Waals surface area contributed by atoms with E-state index in [0.717, 1.165) is 22.1 Å². The molecule has 40 heavy (non-hydrogen) atoms. The third kappa shape index (κ3) is 25.8. The summed E-state index contributed by atoms with van der Waals surface area (Å²) in [5.41, 5.74) is 0. The molecule has 0 radical (unpaired) electrons. The molecule has 0 N–H and O–H groups in total. The fraction of sp³-hybridized carbons (Fsp3) is 0.941. The molecule has 0 amide bonds. The molecule has 0 aliphatic rings. The van der Waals surface area contributed by atoms with Gasteiger partial charge in [-0.25, -0.2) is 9.59 Å².